The Bertz CT molecular complexity index is 1360. The van der Waals surface area contributed by atoms with Crippen molar-refractivity contribution >= 4 is 44.9 Å². The largest absolute Gasteiger partial charge is 0.416 e. The number of hydrogen-bond acceptors (Lipinski definition) is 5. The van der Waals surface area contributed by atoms with Crippen LogP contribution in [0.1, 0.15) is 11.1 Å². The summed E-state index contributed by atoms with van der Waals surface area (Å²) in [6.07, 6.45) is -4.52. The Morgan fingerprint density at radius 1 is 1.12 bits per heavy atom. The molecule has 170 valence electrons. The Balaban J connectivity index is 1.55. The molecule has 0 unspecified atom stereocenters. The van der Waals surface area contributed by atoms with Crippen LogP contribution in [0, 0.1) is 5.82 Å². The van der Waals surface area contributed by atoms with Gasteiger partial charge in [-0.15, -0.1) is 11.3 Å². The van der Waals surface area contributed by atoms with Gasteiger partial charge in [-0.3, -0.25) is 14.2 Å². The first-order chi connectivity index (χ1) is 15.7. The number of benzene rings is 2. The molecule has 33 heavy (non-hydrogen) atoms. The maximum atomic E-state index is 13.2. The lowest BCUT2D eigenvalue weighted by molar-refractivity contribution is -0.137. The second kappa shape index (κ2) is 9.36. The number of nitrogens with one attached hydrogen (secondary N) is 1. The van der Waals surface area contributed by atoms with Crippen LogP contribution in [0.3, 0.4) is 0 Å². The van der Waals surface area contributed by atoms with E-state index >= 15 is 0 Å². The van der Waals surface area contributed by atoms with Crippen molar-refractivity contribution in [2.75, 3.05) is 11.1 Å². The first-order valence-electron chi connectivity index (χ1n) is 9.53. The van der Waals surface area contributed by atoms with Crippen molar-refractivity contribution in [2.24, 2.45) is 0 Å². The number of aromatic nitrogens is 2. The molecule has 0 aliphatic heterocycles. The van der Waals surface area contributed by atoms with Gasteiger partial charge in [0.1, 0.15) is 10.5 Å². The third-order valence-electron chi connectivity index (χ3n) is 4.59. The molecule has 0 aliphatic rings. The summed E-state index contributed by atoms with van der Waals surface area (Å²) in [5.41, 5.74) is 0.0127. The number of anilines is 1. The van der Waals surface area contributed by atoms with Crippen LogP contribution in [0.5, 0.6) is 0 Å². The molecule has 0 bridgehead atoms. The summed E-state index contributed by atoms with van der Waals surface area (Å²) >= 11 is 2.23. The first kappa shape index (κ1) is 23.0. The standard InChI is InChI=1S/C22H15F4N3O2S2/c23-15-6-4-13(5-7-15)11-29-20(31)19-17(8-9-32-19)28-21(29)33-12-18(30)27-16-3-1-2-14(10-16)22(24,25)26/h1-10H,11-12H2,(H,27,30). The van der Waals surface area contributed by atoms with Crippen molar-refractivity contribution in [3.63, 3.8) is 0 Å². The smallest absolute Gasteiger partial charge is 0.325 e. The normalized spacial score (nSPS) is 11.6. The zero-order valence-electron chi connectivity index (χ0n) is 16.7. The van der Waals surface area contributed by atoms with E-state index in [1.807, 2.05) is 0 Å². The van der Waals surface area contributed by atoms with Gasteiger partial charge in [-0.1, -0.05) is 30.0 Å². The molecule has 1 amide bonds. The molecule has 0 aliphatic carbocycles. The summed E-state index contributed by atoms with van der Waals surface area (Å²) in [4.78, 5) is 29.8. The predicted octanol–water partition coefficient (Wildman–Crippen LogP) is 5.40. The molecule has 0 atom stereocenters. The Morgan fingerprint density at radius 3 is 2.61 bits per heavy atom. The van der Waals surface area contributed by atoms with Crippen molar-refractivity contribution in [1.29, 1.82) is 0 Å². The number of thiophene rings is 1. The van der Waals surface area contributed by atoms with Crippen LogP contribution in [0.25, 0.3) is 10.2 Å². The molecule has 5 nitrogen and oxygen atoms in total. The first-order valence-corrected chi connectivity index (χ1v) is 11.4. The maximum absolute atomic E-state index is 13.2. The van der Waals surface area contributed by atoms with Crippen molar-refractivity contribution in [3.05, 3.63) is 87.3 Å². The van der Waals surface area contributed by atoms with Crippen molar-refractivity contribution < 1.29 is 22.4 Å². The molecule has 0 spiro atoms. The molecule has 0 fully saturated rings. The van der Waals surface area contributed by atoms with Gasteiger partial charge in [0, 0.05) is 5.69 Å². The summed E-state index contributed by atoms with van der Waals surface area (Å²) < 4.78 is 53.7. The molecule has 2 aromatic heterocycles. The minimum absolute atomic E-state index is 0.0142. The van der Waals surface area contributed by atoms with E-state index in [-0.39, 0.29) is 28.7 Å². The number of thioether (sulfide) groups is 1. The van der Waals surface area contributed by atoms with E-state index in [9.17, 15) is 27.2 Å². The molecule has 11 heteroatoms. The summed E-state index contributed by atoms with van der Waals surface area (Å²) in [5.74, 6) is -1.13. The van der Waals surface area contributed by atoms with E-state index in [1.165, 1.54) is 40.2 Å². The van der Waals surface area contributed by atoms with Gasteiger partial charge in [0.25, 0.3) is 5.56 Å². The van der Waals surface area contributed by atoms with Crippen LogP contribution in [-0.2, 0) is 17.5 Å². The number of carbonyl (C=O) groups excluding carboxylic acids is 1. The number of hydrogen-bond donors (Lipinski definition) is 1. The molecule has 0 saturated carbocycles. The van der Waals surface area contributed by atoms with Crippen LogP contribution in [0.4, 0.5) is 23.2 Å². The third-order valence-corrected chi connectivity index (χ3v) is 6.46. The fourth-order valence-corrected chi connectivity index (χ4v) is 4.62. The molecule has 4 rings (SSSR count). The van der Waals surface area contributed by atoms with Gasteiger partial charge in [-0.2, -0.15) is 13.2 Å². The van der Waals surface area contributed by atoms with Crippen molar-refractivity contribution in [1.82, 2.24) is 9.55 Å². The molecule has 0 saturated heterocycles. The molecular formula is C22H15F4N3O2S2. The second-order valence-electron chi connectivity index (χ2n) is 6.96. The molecule has 0 radical (unpaired) electrons. The number of carbonyl (C=O) groups is 1. The van der Waals surface area contributed by atoms with Gasteiger partial charge < -0.3 is 5.32 Å². The summed E-state index contributed by atoms with van der Waals surface area (Å²) in [6.45, 7) is 0.123. The van der Waals surface area contributed by atoms with Crippen LogP contribution < -0.4 is 10.9 Å². The second-order valence-corrected chi connectivity index (χ2v) is 8.82. The Hall–Kier alpha value is -3.18. The van der Waals surface area contributed by atoms with Gasteiger partial charge in [0.2, 0.25) is 5.91 Å². The SMILES string of the molecule is O=C(CSc1nc2ccsc2c(=O)n1Cc1ccc(F)cc1)Nc1cccc(C(F)(F)F)c1. The summed E-state index contributed by atoms with van der Waals surface area (Å²) in [6, 6.07) is 11.7. The van der Waals surface area contributed by atoms with E-state index < -0.39 is 23.5 Å². The number of amides is 1. The number of halogens is 4. The van der Waals surface area contributed by atoms with Crippen molar-refractivity contribution in [2.45, 2.75) is 17.9 Å². The number of nitrogens with zero attached hydrogens (tertiary/aromatic N) is 2. The van der Waals surface area contributed by atoms with Gasteiger partial charge in [0.05, 0.1) is 23.4 Å². The third kappa shape index (κ3) is 5.42. The van der Waals surface area contributed by atoms with Crippen molar-refractivity contribution in [3.8, 4) is 0 Å². The Morgan fingerprint density at radius 2 is 1.88 bits per heavy atom. The highest BCUT2D eigenvalue weighted by Gasteiger charge is 2.30. The lowest BCUT2D eigenvalue weighted by atomic mass is 10.2. The van der Waals surface area contributed by atoms with Gasteiger partial charge in [-0.05, 0) is 47.3 Å². The number of fused-ring (bicyclic) bond motifs is 1. The highest BCUT2D eigenvalue weighted by Crippen LogP contribution is 2.30. The zero-order chi connectivity index (χ0) is 23.6. The van der Waals surface area contributed by atoms with Crippen LogP contribution in [-0.4, -0.2) is 21.2 Å². The monoisotopic (exact) mass is 493 g/mol. The van der Waals surface area contributed by atoms with Gasteiger partial charge >= 0.3 is 6.18 Å². The van der Waals surface area contributed by atoms with E-state index in [2.05, 4.69) is 10.3 Å². The molecule has 2 aromatic carbocycles. The Kier molecular flexibility index (Phi) is 6.52. The van der Waals surface area contributed by atoms with Crippen LogP contribution in [0.2, 0.25) is 0 Å². The molecule has 1 N–H and O–H groups in total. The fourth-order valence-electron chi connectivity index (χ4n) is 3.05. The van der Waals surface area contributed by atoms with Gasteiger partial charge in [-0.25, -0.2) is 9.37 Å². The minimum Gasteiger partial charge on any atom is -0.325 e. The average molecular weight is 494 g/mol. The van der Waals surface area contributed by atoms with E-state index in [4.69, 9.17) is 0 Å². The topological polar surface area (TPSA) is 64.0 Å². The minimum atomic E-state index is -4.52. The predicted molar refractivity (Wildman–Crippen MR) is 120 cm³/mol. The molecule has 2 heterocycles. The van der Waals surface area contributed by atoms with E-state index in [0.717, 1.165) is 23.9 Å². The van der Waals surface area contributed by atoms with E-state index in [1.54, 1.807) is 23.6 Å². The summed E-state index contributed by atoms with van der Waals surface area (Å²) in [7, 11) is 0. The lowest BCUT2D eigenvalue weighted by Gasteiger charge is -2.13. The van der Waals surface area contributed by atoms with Crippen LogP contribution in [0.15, 0.2) is 69.9 Å². The average Bonchev–Trinajstić information content (AvgIpc) is 3.24. The lowest BCUT2D eigenvalue weighted by Crippen LogP contribution is -2.24. The highest BCUT2D eigenvalue weighted by molar-refractivity contribution is 7.99. The van der Waals surface area contributed by atoms with Gasteiger partial charge in [0.15, 0.2) is 5.16 Å². The van der Waals surface area contributed by atoms with E-state index in [0.29, 0.717) is 15.8 Å². The Labute approximate surface area is 193 Å². The molecular weight excluding hydrogens is 478 g/mol. The zero-order valence-corrected chi connectivity index (χ0v) is 18.4. The number of alkyl halides is 3. The fraction of sp³-hybridized carbons (Fsp3) is 0.136. The summed E-state index contributed by atoms with van der Waals surface area (Å²) in [5, 5.41) is 4.44. The maximum Gasteiger partial charge on any atom is 0.416 e. The molecule has 4 aromatic rings. The highest BCUT2D eigenvalue weighted by atomic mass is 32.2. The number of rotatable bonds is 6. The van der Waals surface area contributed by atoms with Crippen LogP contribution >= 0.6 is 23.1 Å². The quantitative estimate of drug-likeness (QED) is 0.222.